The Kier molecular flexibility index (Phi) is 4.80. The van der Waals surface area contributed by atoms with E-state index in [1.807, 2.05) is 13.0 Å². The highest BCUT2D eigenvalue weighted by Crippen LogP contribution is 2.25. The van der Waals surface area contributed by atoms with Crippen molar-refractivity contribution in [2.24, 2.45) is 5.92 Å². The van der Waals surface area contributed by atoms with E-state index in [1.54, 1.807) is 0 Å². The van der Waals surface area contributed by atoms with Crippen molar-refractivity contribution in [1.29, 1.82) is 0 Å². The molecule has 1 aliphatic rings. The molecule has 0 saturated heterocycles. The van der Waals surface area contributed by atoms with Crippen LogP contribution in [-0.4, -0.2) is 30.8 Å². The van der Waals surface area contributed by atoms with Crippen LogP contribution in [0.4, 0.5) is 0 Å². The van der Waals surface area contributed by atoms with Crippen molar-refractivity contribution in [2.45, 2.75) is 26.2 Å². The molecule has 2 N–H and O–H groups in total. The summed E-state index contributed by atoms with van der Waals surface area (Å²) in [6.45, 7) is 4.38. The number of hydrogen-bond acceptors (Lipinski definition) is 3. The third-order valence-electron chi connectivity index (χ3n) is 3.36. The second-order valence-electron chi connectivity index (χ2n) is 5.20. The number of carbonyl (C=O) groups is 1. The Bertz CT molecular complexity index is 445. The Morgan fingerprint density at radius 3 is 3.16 bits per heavy atom. The zero-order valence-electron chi connectivity index (χ0n) is 11.3. The quantitative estimate of drug-likeness (QED) is 0.737. The van der Waals surface area contributed by atoms with Gasteiger partial charge in [0.15, 0.2) is 0 Å². The molecular formula is C15H21NO3. The molecule has 0 spiro atoms. The average Bonchev–Trinajstić information content (AvgIpc) is 2.81. The molecule has 1 aromatic carbocycles. The molecule has 0 amide bonds. The third-order valence-corrected chi connectivity index (χ3v) is 3.36. The summed E-state index contributed by atoms with van der Waals surface area (Å²) in [5.74, 6) is 0.464. The van der Waals surface area contributed by atoms with Gasteiger partial charge in [0.05, 0.1) is 6.61 Å². The average molecular weight is 263 g/mol. The van der Waals surface area contributed by atoms with Crippen LogP contribution in [-0.2, 0) is 17.6 Å². The SMILES string of the molecule is CC(CNCCc1ccc2c(c1)CCO2)CC(=O)O. The van der Waals surface area contributed by atoms with Gasteiger partial charge in [-0.15, -0.1) is 0 Å². The molecule has 0 radical (unpaired) electrons. The lowest BCUT2D eigenvalue weighted by Crippen LogP contribution is -2.24. The molecule has 0 saturated carbocycles. The Morgan fingerprint density at radius 2 is 2.37 bits per heavy atom. The first kappa shape index (κ1) is 13.9. The van der Waals surface area contributed by atoms with E-state index in [9.17, 15) is 4.79 Å². The zero-order chi connectivity index (χ0) is 13.7. The number of nitrogens with one attached hydrogen (secondary N) is 1. The Balaban J connectivity index is 1.70. The van der Waals surface area contributed by atoms with E-state index in [0.717, 1.165) is 38.3 Å². The van der Waals surface area contributed by atoms with Gasteiger partial charge in [-0.05, 0) is 42.6 Å². The summed E-state index contributed by atoms with van der Waals surface area (Å²) in [5.41, 5.74) is 2.61. The van der Waals surface area contributed by atoms with Crippen LogP contribution in [0.2, 0.25) is 0 Å². The van der Waals surface area contributed by atoms with E-state index in [4.69, 9.17) is 9.84 Å². The summed E-state index contributed by atoms with van der Waals surface area (Å²) in [5, 5.41) is 12.0. The minimum atomic E-state index is -0.729. The Morgan fingerprint density at radius 1 is 1.53 bits per heavy atom. The van der Waals surface area contributed by atoms with Crippen molar-refractivity contribution >= 4 is 5.97 Å². The first-order valence-corrected chi connectivity index (χ1v) is 6.82. The van der Waals surface area contributed by atoms with E-state index in [1.165, 1.54) is 11.1 Å². The van der Waals surface area contributed by atoms with Crippen LogP contribution >= 0.6 is 0 Å². The van der Waals surface area contributed by atoms with E-state index < -0.39 is 5.97 Å². The minimum absolute atomic E-state index is 0.172. The van der Waals surface area contributed by atoms with Crippen molar-refractivity contribution in [3.8, 4) is 5.75 Å². The van der Waals surface area contributed by atoms with Crippen LogP contribution in [0.5, 0.6) is 5.75 Å². The zero-order valence-corrected chi connectivity index (χ0v) is 11.3. The topological polar surface area (TPSA) is 58.6 Å². The predicted octanol–water partition coefficient (Wildman–Crippen LogP) is 1.86. The van der Waals surface area contributed by atoms with Crippen LogP contribution in [0.1, 0.15) is 24.5 Å². The van der Waals surface area contributed by atoms with Gasteiger partial charge in [-0.1, -0.05) is 19.1 Å². The predicted molar refractivity (Wildman–Crippen MR) is 73.6 cm³/mol. The molecule has 2 rings (SSSR count). The summed E-state index contributed by atoms with van der Waals surface area (Å²) >= 11 is 0. The normalized spacial score (nSPS) is 14.8. The van der Waals surface area contributed by atoms with Crippen molar-refractivity contribution in [3.05, 3.63) is 29.3 Å². The maximum absolute atomic E-state index is 10.5. The van der Waals surface area contributed by atoms with Gasteiger partial charge in [-0.2, -0.15) is 0 Å². The molecule has 1 aliphatic heterocycles. The van der Waals surface area contributed by atoms with E-state index in [0.29, 0.717) is 0 Å². The van der Waals surface area contributed by atoms with Crippen molar-refractivity contribution < 1.29 is 14.6 Å². The smallest absolute Gasteiger partial charge is 0.303 e. The maximum Gasteiger partial charge on any atom is 0.303 e. The monoisotopic (exact) mass is 263 g/mol. The lowest BCUT2D eigenvalue weighted by atomic mass is 10.1. The second-order valence-corrected chi connectivity index (χ2v) is 5.20. The molecule has 4 nitrogen and oxygen atoms in total. The lowest BCUT2D eigenvalue weighted by Gasteiger charge is -2.10. The highest BCUT2D eigenvalue weighted by Gasteiger charge is 2.11. The summed E-state index contributed by atoms with van der Waals surface area (Å²) in [4.78, 5) is 10.5. The molecule has 1 aromatic rings. The van der Waals surface area contributed by atoms with Crippen molar-refractivity contribution in [2.75, 3.05) is 19.7 Å². The van der Waals surface area contributed by atoms with Gasteiger partial charge < -0.3 is 15.2 Å². The van der Waals surface area contributed by atoms with E-state index >= 15 is 0 Å². The van der Waals surface area contributed by atoms with Gasteiger partial charge in [-0.3, -0.25) is 4.79 Å². The van der Waals surface area contributed by atoms with E-state index in [2.05, 4.69) is 17.4 Å². The number of rotatable bonds is 7. The van der Waals surface area contributed by atoms with Crippen molar-refractivity contribution in [1.82, 2.24) is 5.32 Å². The maximum atomic E-state index is 10.5. The number of hydrogen-bond donors (Lipinski definition) is 2. The molecule has 0 aliphatic carbocycles. The number of aliphatic carboxylic acids is 1. The second kappa shape index (κ2) is 6.57. The molecule has 104 valence electrons. The van der Waals surface area contributed by atoms with Gasteiger partial charge in [0, 0.05) is 12.8 Å². The molecule has 0 fully saturated rings. The number of fused-ring (bicyclic) bond motifs is 1. The third kappa shape index (κ3) is 4.24. The lowest BCUT2D eigenvalue weighted by molar-refractivity contribution is -0.137. The number of ether oxygens (including phenoxy) is 1. The molecule has 1 unspecified atom stereocenters. The van der Waals surface area contributed by atoms with Crippen LogP contribution in [0, 0.1) is 5.92 Å². The Hall–Kier alpha value is -1.55. The number of carboxylic acid groups (broad SMARTS) is 1. The summed E-state index contributed by atoms with van der Waals surface area (Å²) in [7, 11) is 0. The Labute approximate surface area is 113 Å². The molecular weight excluding hydrogens is 242 g/mol. The largest absolute Gasteiger partial charge is 0.493 e. The fraction of sp³-hybridized carbons (Fsp3) is 0.533. The standard InChI is InChI=1S/C15H21NO3/c1-11(8-15(17)18)10-16-6-4-12-2-3-14-13(9-12)5-7-19-14/h2-3,9,11,16H,4-8,10H2,1H3,(H,17,18). The van der Waals surface area contributed by atoms with Gasteiger partial charge in [-0.25, -0.2) is 0 Å². The van der Waals surface area contributed by atoms with Crippen molar-refractivity contribution in [3.63, 3.8) is 0 Å². The molecule has 19 heavy (non-hydrogen) atoms. The molecule has 0 aromatic heterocycles. The van der Waals surface area contributed by atoms with Gasteiger partial charge in [0.2, 0.25) is 0 Å². The van der Waals surface area contributed by atoms with Gasteiger partial charge in [0.25, 0.3) is 0 Å². The fourth-order valence-electron chi connectivity index (χ4n) is 2.35. The number of carboxylic acids is 1. The molecule has 1 heterocycles. The van der Waals surface area contributed by atoms with Crippen LogP contribution in [0.3, 0.4) is 0 Å². The van der Waals surface area contributed by atoms with Crippen LogP contribution in [0.25, 0.3) is 0 Å². The van der Waals surface area contributed by atoms with Crippen LogP contribution < -0.4 is 10.1 Å². The first-order valence-electron chi connectivity index (χ1n) is 6.82. The first-order chi connectivity index (χ1) is 9.15. The fourth-order valence-corrected chi connectivity index (χ4v) is 2.35. The highest BCUT2D eigenvalue weighted by molar-refractivity contribution is 5.66. The molecule has 1 atom stereocenters. The highest BCUT2D eigenvalue weighted by atomic mass is 16.5. The summed E-state index contributed by atoms with van der Waals surface area (Å²) in [6, 6.07) is 6.36. The molecule has 0 bridgehead atoms. The van der Waals surface area contributed by atoms with Gasteiger partial charge >= 0.3 is 5.97 Å². The number of benzene rings is 1. The summed E-state index contributed by atoms with van der Waals surface area (Å²) in [6.07, 6.45) is 2.20. The van der Waals surface area contributed by atoms with Gasteiger partial charge in [0.1, 0.15) is 5.75 Å². The summed E-state index contributed by atoms with van der Waals surface area (Å²) < 4.78 is 5.48. The minimum Gasteiger partial charge on any atom is -0.493 e. The molecule has 4 heteroatoms. The van der Waals surface area contributed by atoms with E-state index in [-0.39, 0.29) is 12.3 Å². The van der Waals surface area contributed by atoms with Crippen LogP contribution in [0.15, 0.2) is 18.2 Å².